The van der Waals surface area contributed by atoms with Crippen LogP contribution in [-0.4, -0.2) is 0 Å². The molecule has 2 heteroatoms. The zero-order valence-electron chi connectivity index (χ0n) is 7.87. The molecule has 0 aliphatic carbocycles. The molecule has 0 bridgehead atoms. The van der Waals surface area contributed by atoms with E-state index in [9.17, 15) is 0 Å². The molecule has 0 aliphatic heterocycles. The summed E-state index contributed by atoms with van der Waals surface area (Å²) in [5.41, 5.74) is 1.40. The fourth-order valence-electron chi connectivity index (χ4n) is 1.04. The Morgan fingerprint density at radius 1 is 1.31 bits per heavy atom. The molecular weight excluding hydrogens is 162 g/mol. The molecule has 0 spiro atoms. The quantitative estimate of drug-likeness (QED) is 0.549. The molecule has 0 radical (unpaired) electrons. The van der Waals surface area contributed by atoms with Crippen LogP contribution in [0.5, 0.6) is 0 Å². The van der Waals surface area contributed by atoms with Crippen molar-refractivity contribution in [1.29, 1.82) is 0 Å². The first-order chi connectivity index (χ1) is 6.10. The maximum atomic E-state index is 5.24. The van der Waals surface area contributed by atoms with Crippen LogP contribution in [-0.2, 0) is 10.4 Å². The topological polar surface area (TPSA) is 35.2 Å². The Morgan fingerprint density at radius 3 is 2.23 bits per heavy atom. The van der Waals surface area contributed by atoms with Crippen molar-refractivity contribution in [2.45, 2.75) is 19.4 Å². The first-order valence-corrected chi connectivity index (χ1v) is 4.05. The van der Waals surface area contributed by atoms with Gasteiger partial charge >= 0.3 is 0 Å². The molecule has 1 aromatic rings. The molecule has 13 heavy (non-hydrogen) atoms. The van der Waals surface area contributed by atoms with E-state index < -0.39 is 5.60 Å². The normalized spacial score (nSPS) is 10.9. The smallest absolute Gasteiger partial charge is 0.109 e. The van der Waals surface area contributed by atoms with Gasteiger partial charge in [0.25, 0.3) is 0 Å². The van der Waals surface area contributed by atoms with Gasteiger partial charge in [-0.2, -0.15) is 0 Å². The molecule has 0 unspecified atom stereocenters. The lowest BCUT2D eigenvalue weighted by Crippen LogP contribution is -2.25. The average Bonchev–Trinajstić information content (AvgIpc) is 2.18. The van der Waals surface area contributed by atoms with Gasteiger partial charge in [0.1, 0.15) is 5.60 Å². The number of nitrogens with two attached hydrogens (primary N) is 1. The van der Waals surface area contributed by atoms with Crippen molar-refractivity contribution < 1.29 is 4.84 Å². The van der Waals surface area contributed by atoms with Crippen LogP contribution in [0.4, 0.5) is 0 Å². The second kappa shape index (κ2) is 3.61. The van der Waals surface area contributed by atoms with Crippen LogP contribution in [0.3, 0.4) is 0 Å². The van der Waals surface area contributed by atoms with Crippen LogP contribution >= 0.6 is 0 Å². The first kappa shape index (κ1) is 9.79. The summed E-state index contributed by atoms with van der Waals surface area (Å²) in [5, 5.41) is 0. The van der Waals surface area contributed by atoms with Crippen molar-refractivity contribution in [2.75, 3.05) is 0 Å². The monoisotopic (exact) mass is 175 g/mol. The van der Waals surface area contributed by atoms with Gasteiger partial charge in [-0.3, -0.25) is 4.84 Å². The van der Waals surface area contributed by atoms with Gasteiger partial charge in [-0.1, -0.05) is 18.1 Å². The van der Waals surface area contributed by atoms with Gasteiger partial charge < -0.3 is 0 Å². The fraction of sp³-hybridized carbons (Fsp3) is 0.273. The minimum atomic E-state index is -0.465. The number of rotatable bonds is 2. The van der Waals surface area contributed by atoms with Crippen molar-refractivity contribution in [3.63, 3.8) is 0 Å². The number of hydrogen-bond acceptors (Lipinski definition) is 2. The van der Waals surface area contributed by atoms with Crippen molar-refractivity contribution >= 4 is 0 Å². The third-order valence-electron chi connectivity index (χ3n) is 2.04. The summed E-state index contributed by atoms with van der Waals surface area (Å²) in [6, 6.07) is 7.58. The molecule has 1 aromatic carbocycles. The van der Waals surface area contributed by atoms with Gasteiger partial charge in [0, 0.05) is 5.56 Å². The Hall–Kier alpha value is -1.30. The Labute approximate surface area is 78.7 Å². The summed E-state index contributed by atoms with van der Waals surface area (Å²) in [6.45, 7) is 3.80. The molecule has 2 nitrogen and oxygen atoms in total. The molecule has 1 rings (SSSR count). The van der Waals surface area contributed by atoms with Crippen molar-refractivity contribution in [2.24, 2.45) is 5.90 Å². The highest BCUT2D eigenvalue weighted by Gasteiger charge is 2.19. The molecule has 0 amide bonds. The lowest BCUT2D eigenvalue weighted by molar-refractivity contribution is -0.0236. The van der Waals surface area contributed by atoms with E-state index in [0.29, 0.717) is 0 Å². The highest BCUT2D eigenvalue weighted by Crippen LogP contribution is 2.22. The summed E-state index contributed by atoms with van der Waals surface area (Å²) in [7, 11) is 0. The summed E-state index contributed by atoms with van der Waals surface area (Å²) >= 11 is 0. The predicted octanol–water partition coefficient (Wildman–Crippen LogP) is 1.79. The molecule has 0 fully saturated rings. The molecule has 2 N–H and O–H groups in total. The number of terminal acetylenes is 1. The summed E-state index contributed by atoms with van der Waals surface area (Å²) in [4.78, 5) is 4.85. The minimum absolute atomic E-state index is 0.465. The molecular formula is C11H13NO. The third kappa shape index (κ3) is 2.09. The molecule has 0 aromatic heterocycles. The van der Waals surface area contributed by atoms with Crippen molar-refractivity contribution in [1.82, 2.24) is 0 Å². The summed E-state index contributed by atoms with van der Waals surface area (Å²) < 4.78 is 0. The van der Waals surface area contributed by atoms with Gasteiger partial charge in [0.05, 0.1) is 0 Å². The Bertz CT molecular complexity index is 319. The van der Waals surface area contributed by atoms with Gasteiger partial charge in [0.15, 0.2) is 0 Å². The van der Waals surface area contributed by atoms with Crippen LogP contribution in [0, 0.1) is 12.3 Å². The summed E-state index contributed by atoms with van der Waals surface area (Å²) in [6.07, 6.45) is 5.24. The Kier molecular flexibility index (Phi) is 2.72. The Balaban J connectivity index is 3.00. The number of hydrogen-bond donors (Lipinski definition) is 1. The second-order valence-corrected chi connectivity index (χ2v) is 3.35. The second-order valence-electron chi connectivity index (χ2n) is 3.35. The van der Waals surface area contributed by atoms with Crippen LogP contribution in [0.1, 0.15) is 25.0 Å². The summed E-state index contributed by atoms with van der Waals surface area (Å²) in [5.74, 6) is 7.72. The zero-order chi connectivity index (χ0) is 9.90. The largest absolute Gasteiger partial charge is 0.294 e. The average molecular weight is 175 g/mol. The van der Waals surface area contributed by atoms with Gasteiger partial charge in [-0.05, 0) is 31.5 Å². The van der Waals surface area contributed by atoms with Crippen molar-refractivity contribution in [3.05, 3.63) is 35.4 Å². The maximum Gasteiger partial charge on any atom is 0.109 e. The van der Waals surface area contributed by atoms with Gasteiger partial charge in [0.2, 0.25) is 0 Å². The lowest BCUT2D eigenvalue weighted by atomic mass is 9.97. The van der Waals surface area contributed by atoms with E-state index in [2.05, 4.69) is 5.92 Å². The molecule has 0 saturated heterocycles. The maximum absolute atomic E-state index is 5.24. The highest BCUT2D eigenvalue weighted by atomic mass is 16.6. The van der Waals surface area contributed by atoms with Crippen LogP contribution in [0.2, 0.25) is 0 Å². The molecule has 0 atom stereocenters. The van der Waals surface area contributed by atoms with Crippen molar-refractivity contribution in [3.8, 4) is 12.3 Å². The van der Waals surface area contributed by atoms with E-state index >= 15 is 0 Å². The van der Waals surface area contributed by atoms with E-state index in [4.69, 9.17) is 17.2 Å². The lowest BCUT2D eigenvalue weighted by Gasteiger charge is -2.22. The fourth-order valence-corrected chi connectivity index (χ4v) is 1.04. The van der Waals surface area contributed by atoms with Crippen LogP contribution in [0.25, 0.3) is 0 Å². The van der Waals surface area contributed by atoms with E-state index in [1.165, 1.54) is 0 Å². The van der Waals surface area contributed by atoms with E-state index in [1.54, 1.807) is 0 Å². The third-order valence-corrected chi connectivity index (χ3v) is 2.04. The predicted molar refractivity (Wildman–Crippen MR) is 52.7 cm³/mol. The molecule has 0 saturated carbocycles. The van der Waals surface area contributed by atoms with Gasteiger partial charge in [-0.25, -0.2) is 5.90 Å². The zero-order valence-corrected chi connectivity index (χ0v) is 7.87. The first-order valence-electron chi connectivity index (χ1n) is 4.05. The van der Waals surface area contributed by atoms with Gasteiger partial charge in [-0.15, -0.1) is 6.42 Å². The van der Waals surface area contributed by atoms with E-state index in [0.717, 1.165) is 11.1 Å². The van der Waals surface area contributed by atoms with Crippen LogP contribution < -0.4 is 5.90 Å². The standard InChI is InChI=1S/C11H13NO/c1-4-9-5-7-10(8-6-9)11(2,3)13-12/h1,5-8H,12H2,2-3H3. The molecule has 0 aliphatic rings. The number of benzene rings is 1. The molecule has 0 heterocycles. The SMILES string of the molecule is C#Cc1ccc(C(C)(C)ON)cc1. The van der Waals surface area contributed by atoms with Crippen LogP contribution in [0.15, 0.2) is 24.3 Å². The van der Waals surface area contributed by atoms with E-state index in [-0.39, 0.29) is 0 Å². The Morgan fingerprint density at radius 2 is 1.85 bits per heavy atom. The molecule has 68 valence electrons. The highest BCUT2D eigenvalue weighted by molar-refractivity contribution is 5.35. The minimum Gasteiger partial charge on any atom is -0.294 e. The van der Waals surface area contributed by atoms with E-state index in [1.807, 2.05) is 38.1 Å².